The molecule has 0 amide bonds. The second-order valence-corrected chi connectivity index (χ2v) is 10.6. The summed E-state index contributed by atoms with van der Waals surface area (Å²) in [5.74, 6) is 1.59. The molecule has 2 heterocycles. The number of para-hydroxylation sites is 1. The lowest BCUT2D eigenvalue weighted by molar-refractivity contribution is 0.390. The van der Waals surface area contributed by atoms with Crippen molar-refractivity contribution < 1.29 is 22.3 Å². The lowest BCUT2D eigenvalue weighted by Crippen LogP contribution is -2.23. The second-order valence-electron chi connectivity index (χ2n) is 7.71. The maximum atomic E-state index is 13.4. The van der Waals surface area contributed by atoms with Crippen LogP contribution in [0.4, 0.5) is 0 Å². The average molecular weight is 502 g/mol. The van der Waals surface area contributed by atoms with Crippen molar-refractivity contribution in [3.63, 3.8) is 0 Å². The summed E-state index contributed by atoms with van der Waals surface area (Å²) in [5, 5.41) is 8.42. The first-order chi connectivity index (χ1) is 16.3. The van der Waals surface area contributed by atoms with Crippen LogP contribution in [-0.2, 0) is 22.0 Å². The Balaban J connectivity index is 1.77. The van der Waals surface area contributed by atoms with Crippen LogP contribution in [0.25, 0.3) is 17.3 Å². The Morgan fingerprint density at radius 1 is 1.00 bits per heavy atom. The molecule has 0 saturated carbocycles. The Bertz CT molecular complexity index is 1340. The molecule has 0 bridgehead atoms. The van der Waals surface area contributed by atoms with Crippen molar-refractivity contribution in [2.24, 2.45) is 0 Å². The molecule has 4 aromatic rings. The van der Waals surface area contributed by atoms with E-state index in [0.717, 1.165) is 5.56 Å². The van der Waals surface area contributed by atoms with Gasteiger partial charge in [0, 0.05) is 5.02 Å². The number of hydrogen-bond acceptors (Lipinski definition) is 7. The van der Waals surface area contributed by atoms with Crippen molar-refractivity contribution in [1.29, 1.82) is 0 Å². The van der Waals surface area contributed by atoms with Gasteiger partial charge in [-0.1, -0.05) is 29.8 Å². The Morgan fingerprint density at radius 3 is 2.26 bits per heavy atom. The van der Waals surface area contributed by atoms with Crippen molar-refractivity contribution in [2.45, 2.75) is 24.3 Å². The smallest absolute Gasteiger partial charge is 0.204 e. The predicted molar refractivity (Wildman–Crippen MR) is 129 cm³/mol. The van der Waals surface area contributed by atoms with Gasteiger partial charge in [-0.3, -0.25) is 4.57 Å². The van der Waals surface area contributed by atoms with E-state index >= 15 is 0 Å². The fraction of sp³-hybridized carbons (Fsp3) is 0.250. The van der Waals surface area contributed by atoms with Crippen molar-refractivity contribution in [1.82, 2.24) is 14.8 Å². The summed E-state index contributed by atoms with van der Waals surface area (Å²) < 4.78 is 45.0. The van der Waals surface area contributed by atoms with E-state index in [1.54, 1.807) is 54.0 Å². The van der Waals surface area contributed by atoms with Crippen LogP contribution in [-0.4, -0.2) is 42.7 Å². The van der Waals surface area contributed by atoms with Crippen LogP contribution in [0, 0.1) is 0 Å². The van der Waals surface area contributed by atoms with Gasteiger partial charge in [0.15, 0.2) is 21.4 Å². The average Bonchev–Trinajstić information content (AvgIpc) is 3.49. The highest BCUT2D eigenvalue weighted by molar-refractivity contribution is 7.91. The number of benzene rings is 2. The molecule has 178 valence electrons. The second kappa shape index (κ2) is 9.90. The maximum absolute atomic E-state index is 13.4. The molecule has 0 aliphatic carbocycles. The fourth-order valence-electron chi connectivity index (χ4n) is 3.66. The van der Waals surface area contributed by atoms with Crippen LogP contribution >= 0.6 is 11.6 Å². The number of sulfone groups is 1. The van der Waals surface area contributed by atoms with Crippen LogP contribution in [0.2, 0.25) is 5.02 Å². The SMILES string of the molecule is COc1cccc(OC)c1-n1c(CS(=O)(=O)[C@@H](C)Cc2ccc(Cl)cc2)nnc1-c1ccco1. The van der Waals surface area contributed by atoms with Crippen LogP contribution in [0.15, 0.2) is 65.3 Å². The molecule has 0 aliphatic heterocycles. The number of methoxy groups -OCH3 is 2. The summed E-state index contributed by atoms with van der Waals surface area (Å²) in [5.41, 5.74) is 1.36. The zero-order chi connectivity index (χ0) is 24.3. The van der Waals surface area contributed by atoms with E-state index in [2.05, 4.69) is 10.2 Å². The molecule has 2 aromatic carbocycles. The van der Waals surface area contributed by atoms with E-state index in [1.807, 2.05) is 12.1 Å². The molecule has 10 heteroatoms. The van der Waals surface area contributed by atoms with Gasteiger partial charge < -0.3 is 13.9 Å². The van der Waals surface area contributed by atoms with Gasteiger partial charge in [-0.2, -0.15) is 0 Å². The number of halogens is 1. The zero-order valence-corrected chi connectivity index (χ0v) is 20.5. The molecule has 0 spiro atoms. The van der Waals surface area contributed by atoms with Crippen molar-refractivity contribution in [3.05, 3.63) is 77.3 Å². The first-order valence-corrected chi connectivity index (χ1v) is 12.6. The van der Waals surface area contributed by atoms with E-state index < -0.39 is 15.1 Å². The molecule has 0 fully saturated rings. The summed E-state index contributed by atoms with van der Waals surface area (Å²) in [4.78, 5) is 0. The first-order valence-electron chi connectivity index (χ1n) is 10.5. The fourth-order valence-corrected chi connectivity index (χ4v) is 5.07. The Morgan fingerprint density at radius 2 is 1.68 bits per heavy atom. The molecular formula is C24H24ClN3O5S. The summed E-state index contributed by atoms with van der Waals surface area (Å²) in [6.45, 7) is 1.68. The largest absolute Gasteiger partial charge is 0.494 e. The van der Waals surface area contributed by atoms with E-state index in [9.17, 15) is 8.42 Å². The normalized spacial score (nSPS) is 12.5. The summed E-state index contributed by atoms with van der Waals surface area (Å²) in [6.07, 6.45) is 1.86. The lowest BCUT2D eigenvalue weighted by atomic mass is 10.1. The molecule has 8 nitrogen and oxygen atoms in total. The minimum atomic E-state index is -3.62. The first kappa shape index (κ1) is 23.8. The van der Waals surface area contributed by atoms with Gasteiger partial charge >= 0.3 is 0 Å². The van der Waals surface area contributed by atoms with Gasteiger partial charge in [0.1, 0.15) is 22.9 Å². The van der Waals surface area contributed by atoms with Gasteiger partial charge in [0.25, 0.3) is 0 Å². The Kier molecular flexibility index (Phi) is 6.95. The molecular weight excluding hydrogens is 478 g/mol. The number of nitrogens with zero attached hydrogens (tertiary/aromatic N) is 3. The number of hydrogen-bond donors (Lipinski definition) is 0. The summed E-state index contributed by atoms with van der Waals surface area (Å²) in [7, 11) is -0.560. The molecule has 0 N–H and O–H groups in total. The molecule has 4 rings (SSSR count). The van der Waals surface area contributed by atoms with Crippen LogP contribution in [0.1, 0.15) is 18.3 Å². The third kappa shape index (κ3) is 4.80. The van der Waals surface area contributed by atoms with Gasteiger partial charge in [0.2, 0.25) is 5.82 Å². The topological polar surface area (TPSA) is 96.5 Å². The lowest BCUT2D eigenvalue weighted by Gasteiger charge is -2.18. The number of furan rings is 1. The molecule has 0 unspecified atom stereocenters. The van der Waals surface area contributed by atoms with Crippen molar-refractivity contribution in [2.75, 3.05) is 14.2 Å². The number of rotatable bonds is 9. The minimum absolute atomic E-state index is 0.220. The van der Waals surface area contributed by atoms with E-state index in [1.165, 1.54) is 20.5 Å². The Hall–Kier alpha value is -3.30. The molecule has 0 aliphatic rings. The van der Waals surface area contributed by atoms with Crippen molar-refractivity contribution in [3.8, 4) is 28.8 Å². The third-order valence-corrected chi connectivity index (χ3v) is 7.78. The molecule has 1 atom stereocenters. The monoisotopic (exact) mass is 501 g/mol. The van der Waals surface area contributed by atoms with Crippen LogP contribution < -0.4 is 9.47 Å². The minimum Gasteiger partial charge on any atom is -0.494 e. The van der Waals surface area contributed by atoms with Gasteiger partial charge in [0.05, 0.1) is 25.7 Å². The van der Waals surface area contributed by atoms with E-state index in [4.69, 9.17) is 25.5 Å². The highest BCUT2D eigenvalue weighted by atomic mass is 35.5. The number of aromatic nitrogens is 3. The summed E-state index contributed by atoms with van der Waals surface area (Å²) >= 11 is 5.95. The van der Waals surface area contributed by atoms with Crippen LogP contribution in [0.5, 0.6) is 11.5 Å². The predicted octanol–water partition coefficient (Wildman–Crippen LogP) is 4.74. The standard InChI is InChI=1S/C24H24ClN3O5S/c1-16(14-17-9-11-18(25)12-10-17)34(29,30)15-22-26-27-24(21-8-5-13-33-21)28(22)23-19(31-2)6-4-7-20(23)32-3/h4-13,16H,14-15H2,1-3H3/t16-/m0/s1. The van der Waals surface area contributed by atoms with Gasteiger partial charge in [-0.15, -0.1) is 10.2 Å². The maximum Gasteiger partial charge on any atom is 0.204 e. The zero-order valence-electron chi connectivity index (χ0n) is 18.9. The Labute approximate surface area is 203 Å². The quantitative estimate of drug-likeness (QED) is 0.326. The summed E-state index contributed by atoms with van der Waals surface area (Å²) in [6, 6.07) is 15.9. The third-order valence-electron chi connectivity index (χ3n) is 5.48. The molecule has 2 aromatic heterocycles. The van der Waals surface area contributed by atoms with E-state index in [-0.39, 0.29) is 11.6 Å². The van der Waals surface area contributed by atoms with Gasteiger partial charge in [-0.05, 0) is 55.3 Å². The molecule has 34 heavy (non-hydrogen) atoms. The van der Waals surface area contributed by atoms with Crippen molar-refractivity contribution >= 4 is 21.4 Å². The highest BCUT2D eigenvalue weighted by Crippen LogP contribution is 2.36. The highest BCUT2D eigenvalue weighted by Gasteiger charge is 2.29. The molecule has 0 saturated heterocycles. The number of ether oxygens (including phenoxy) is 2. The van der Waals surface area contributed by atoms with Crippen LogP contribution in [0.3, 0.4) is 0 Å². The van der Waals surface area contributed by atoms with Gasteiger partial charge in [-0.25, -0.2) is 8.42 Å². The van der Waals surface area contributed by atoms with E-state index in [0.29, 0.717) is 40.2 Å². The molecule has 0 radical (unpaired) electrons.